The number of aromatic nitrogens is 1. The predicted molar refractivity (Wildman–Crippen MR) is 96.2 cm³/mol. The molecule has 1 aromatic carbocycles. The minimum absolute atomic E-state index is 0.0719. The number of carboxylic acid groups (broad SMARTS) is 1. The SMILES string of the molecule is O=C(Nc1ccc2oc(NC3CCN(C(=O)O)CC3)nc2c1)C1CCC1. The molecule has 1 saturated carbocycles. The van der Waals surface area contributed by atoms with Crippen LogP contribution >= 0.6 is 0 Å². The van der Waals surface area contributed by atoms with Crippen LogP contribution in [0.2, 0.25) is 0 Å². The van der Waals surface area contributed by atoms with Gasteiger partial charge in [-0.3, -0.25) is 4.79 Å². The lowest BCUT2D eigenvalue weighted by Crippen LogP contribution is -2.41. The van der Waals surface area contributed by atoms with Gasteiger partial charge in [0.2, 0.25) is 5.91 Å². The number of rotatable bonds is 4. The Bertz CT molecular complexity index is 822. The van der Waals surface area contributed by atoms with Crippen molar-refractivity contribution in [3.05, 3.63) is 18.2 Å². The number of anilines is 2. The fourth-order valence-electron chi connectivity index (χ4n) is 3.37. The Hall–Kier alpha value is -2.77. The summed E-state index contributed by atoms with van der Waals surface area (Å²) < 4.78 is 5.72. The summed E-state index contributed by atoms with van der Waals surface area (Å²) in [6.07, 6.45) is 3.61. The van der Waals surface area contributed by atoms with Crippen LogP contribution in [0.25, 0.3) is 11.1 Å². The number of carbonyl (C=O) groups excluding carboxylic acids is 1. The van der Waals surface area contributed by atoms with Crippen molar-refractivity contribution in [3.63, 3.8) is 0 Å². The molecule has 3 N–H and O–H groups in total. The van der Waals surface area contributed by atoms with E-state index in [2.05, 4.69) is 15.6 Å². The van der Waals surface area contributed by atoms with Gasteiger partial charge in [0, 0.05) is 30.7 Å². The first-order valence-electron chi connectivity index (χ1n) is 9.04. The van der Waals surface area contributed by atoms with Gasteiger partial charge in [0.05, 0.1) is 0 Å². The third kappa shape index (κ3) is 3.44. The second-order valence-corrected chi connectivity index (χ2v) is 7.01. The number of piperidine rings is 1. The van der Waals surface area contributed by atoms with Crippen LogP contribution < -0.4 is 10.6 Å². The van der Waals surface area contributed by atoms with E-state index in [1.165, 1.54) is 4.90 Å². The Morgan fingerprint density at radius 1 is 1.19 bits per heavy atom. The first-order chi connectivity index (χ1) is 12.6. The molecule has 2 amide bonds. The van der Waals surface area contributed by atoms with Gasteiger partial charge in [0.15, 0.2) is 5.58 Å². The molecule has 1 aliphatic carbocycles. The summed E-state index contributed by atoms with van der Waals surface area (Å²) in [6.45, 7) is 1.01. The van der Waals surface area contributed by atoms with Crippen molar-refractivity contribution in [2.24, 2.45) is 5.92 Å². The first-order valence-corrected chi connectivity index (χ1v) is 9.04. The molecule has 0 bridgehead atoms. The number of carbonyl (C=O) groups is 2. The standard InChI is InChI=1S/C18H22N4O4/c23-16(11-2-1-3-11)19-13-4-5-15-14(10-13)21-17(26-15)20-12-6-8-22(9-7-12)18(24)25/h4-5,10-12H,1-3,6-9H2,(H,19,23)(H,20,21)(H,24,25). The van der Waals surface area contributed by atoms with Gasteiger partial charge in [0.1, 0.15) is 5.52 Å². The molecule has 0 spiro atoms. The molecule has 26 heavy (non-hydrogen) atoms. The number of benzene rings is 1. The molecular weight excluding hydrogens is 336 g/mol. The topological polar surface area (TPSA) is 108 Å². The number of hydrogen-bond acceptors (Lipinski definition) is 5. The van der Waals surface area contributed by atoms with Gasteiger partial charge < -0.3 is 25.1 Å². The Morgan fingerprint density at radius 2 is 1.96 bits per heavy atom. The molecule has 2 aromatic rings. The minimum atomic E-state index is -0.873. The van der Waals surface area contributed by atoms with Crippen LogP contribution in [0.3, 0.4) is 0 Å². The van der Waals surface area contributed by atoms with E-state index in [0.29, 0.717) is 43.0 Å². The molecule has 1 aliphatic heterocycles. The molecular formula is C18H22N4O4. The zero-order valence-electron chi connectivity index (χ0n) is 14.4. The summed E-state index contributed by atoms with van der Waals surface area (Å²) in [4.78, 5) is 28.9. The lowest BCUT2D eigenvalue weighted by atomic mass is 9.85. The van der Waals surface area contributed by atoms with Gasteiger partial charge in [-0.05, 0) is 43.9 Å². The second kappa shape index (κ2) is 6.86. The predicted octanol–water partition coefficient (Wildman–Crippen LogP) is 3.12. The number of nitrogens with zero attached hydrogens (tertiary/aromatic N) is 2. The van der Waals surface area contributed by atoms with E-state index < -0.39 is 6.09 Å². The molecule has 0 radical (unpaired) electrons. The van der Waals surface area contributed by atoms with E-state index >= 15 is 0 Å². The van der Waals surface area contributed by atoms with Crippen molar-refractivity contribution in [1.29, 1.82) is 0 Å². The fraction of sp³-hybridized carbons (Fsp3) is 0.500. The highest BCUT2D eigenvalue weighted by Gasteiger charge is 2.25. The van der Waals surface area contributed by atoms with Gasteiger partial charge in [-0.15, -0.1) is 0 Å². The zero-order chi connectivity index (χ0) is 18.1. The lowest BCUT2D eigenvalue weighted by molar-refractivity contribution is -0.122. The number of fused-ring (bicyclic) bond motifs is 1. The molecule has 2 fully saturated rings. The van der Waals surface area contributed by atoms with E-state index in [1.807, 2.05) is 12.1 Å². The number of hydrogen-bond donors (Lipinski definition) is 3. The maximum absolute atomic E-state index is 12.1. The first kappa shape index (κ1) is 16.7. The average Bonchev–Trinajstić information content (AvgIpc) is 2.95. The summed E-state index contributed by atoms with van der Waals surface area (Å²) in [5.74, 6) is 0.208. The number of amides is 2. The number of likely N-dealkylation sites (tertiary alicyclic amines) is 1. The number of nitrogens with one attached hydrogen (secondary N) is 2. The van der Waals surface area contributed by atoms with Crippen LogP contribution in [0.5, 0.6) is 0 Å². The third-order valence-corrected chi connectivity index (χ3v) is 5.22. The summed E-state index contributed by atoms with van der Waals surface area (Å²) in [5.41, 5.74) is 2.06. The van der Waals surface area contributed by atoms with Gasteiger partial charge in [0.25, 0.3) is 6.01 Å². The van der Waals surface area contributed by atoms with Crippen LogP contribution in [0.4, 0.5) is 16.5 Å². The maximum Gasteiger partial charge on any atom is 0.407 e. The largest absolute Gasteiger partial charge is 0.465 e. The molecule has 0 atom stereocenters. The van der Waals surface area contributed by atoms with Gasteiger partial charge in [-0.2, -0.15) is 4.98 Å². The van der Waals surface area contributed by atoms with Crippen LogP contribution in [0.15, 0.2) is 22.6 Å². The van der Waals surface area contributed by atoms with Gasteiger partial charge in [-0.1, -0.05) is 6.42 Å². The highest BCUT2D eigenvalue weighted by Crippen LogP contribution is 2.29. The Morgan fingerprint density at radius 3 is 2.62 bits per heavy atom. The van der Waals surface area contributed by atoms with Crippen LogP contribution in [0.1, 0.15) is 32.1 Å². The summed E-state index contributed by atoms with van der Waals surface area (Å²) in [6, 6.07) is 6.00. The Labute approximate surface area is 150 Å². The minimum Gasteiger partial charge on any atom is -0.465 e. The highest BCUT2D eigenvalue weighted by atomic mass is 16.4. The van der Waals surface area contributed by atoms with Crippen LogP contribution in [-0.2, 0) is 4.79 Å². The molecule has 1 saturated heterocycles. The molecule has 0 unspecified atom stereocenters. The van der Waals surface area contributed by atoms with E-state index in [0.717, 1.165) is 24.9 Å². The molecule has 2 aliphatic rings. The van der Waals surface area contributed by atoms with E-state index in [1.54, 1.807) is 6.07 Å². The quantitative estimate of drug-likeness (QED) is 0.775. The van der Waals surface area contributed by atoms with Crippen LogP contribution in [0, 0.1) is 5.92 Å². The second-order valence-electron chi connectivity index (χ2n) is 7.01. The van der Waals surface area contributed by atoms with Crippen molar-refractivity contribution in [1.82, 2.24) is 9.88 Å². The molecule has 8 heteroatoms. The molecule has 138 valence electrons. The number of oxazole rings is 1. The summed E-state index contributed by atoms with van der Waals surface area (Å²) in [7, 11) is 0. The Kier molecular flexibility index (Phi) is 4.40. The molecule has 4 rings (SSSR count). The molecule has 1 aromatic heterocycles. The monoisotopic (exact) mass is 358 g/mol. The van der Waals surface area contributed by atoms with Crippen molar-refractivity contribution in [3.8, 4) is 0 Å². The van der Waals surface area contributed by atoms with Crippen molar-refractivity contribution in [2.45, 2.75) is 38.1 Å². The smallest absolute Gasteiger partial charge is 0.407 e. The zero-order valence-corrected chi connectivity index (χ0v) is 14.4. The molecule has 2 heterocycles. The van der Waals surface area contributed by atoms with Crippen molar-refractivity contribution < 1.29 is 19.1 Å². The van der Waals surface area contributed by atoms with E-state index in [-0.39, 0.29) is 17.9 Å². The summed E-state index contributed by atoms with van der Waals surface area (Å²) in [5, 5.41) is 15.2. The summed E-state index contributed by atoms with van der Waals surface area (Å²) >= 11 is 0. The van der Waals surface area contributed by atoms with Crippen molar-refractivity contribution >= 4 is 34.8 Å². The van der Waals surface area contributed by atoms with Gasteiger partial charge in [-0.25, -0.2) is 4.79 Å². The fourth-order valence-corrected chi connectivity index (χ4v) is 3.37. The molecule has 8 nitrogen and oxygen atoms in total. The van der Waals surface area contributed by atoms with Gasteiger partial charge >= 0.3 is 6.09 Å². The van der Waals surface area contributed by atoms with E-state index in [4.69, 9.17) is 9.52 Å². The Balaban J connectivity index is 1.39. The van der Waals surface area contributed by atoms with E-state index in [9.17, 15) is 9.59 Å². The maximum atomic E-state index is 12.1. The van der Waals surface area contributed by atoms with Crippen molar-refractivity contribution in [2.75, 3.05) is 23.7 Å². The van der Waals surface area contributed by atoms with Crippen LogP contribution in [-0.4, -0.2) is 46.1 Å². The highest BCUT2D eigenvalue weighted by molar-refractivity contribution is 5.94. The lowest BCUT2D eigenvalue weighted by Gasteiger charge is -2.29. The average molecular weight is 358 g/mol. The third-order valence-electron chi connectivity index (χ3n) is 5.22. The normalized spacial score (nSPS) is 18.5.